The molecule has 0 atom stereocenters. The molecule has 0 fully saturated rings. The van der Waals surface area contributed by atoms with Gasteiger partial charge in [-0.2, -0.15) is 5.10 Å². The summed E-state index contributed by atoms with van der Waals surface area (Å²) in [4.78, 5) is 35.7. The fourth-order valence-electron chi connectivity index (χ4n) is 2.77. The van der Waals surface area contributed by atoms with Gasteiger partial charge < -0.3 is 14.2 Å². The molecule has 1 amide bonds. The zero-order chi connectivity index (χ0) is 23.8. The third-order valence-corrected chi connectivity index (χ3v) is 4.44. The first-order valence-electron chi connectivity index (χ1n) is 9.54. The molecule has 0 unspecified atom stereocenters. The van der Waals surface area contributed by atoms with Crippen LogP contribution in [-0.4, -0.2) is 37.2 Å². The highest BCUT2D eigenvalue weighted by molar-refractivity contribution is 5.96. The van der Waals surface area contributed by atoms with Gasteiger partial charge in [0.05, 0.1) is 30.9 Å². The Bertz CT molecular complexity index is 1210. The van der Waals surface area contributed by atoms with Crippen molar-refractivity contribution < 1.29 is 28.7 Å². The Balaban J connectivity index is 1.82. The Kier molecular flexibility index (Phi) is 7.32. The number of hydrogen-bond acceptors (Lipinski definition) is 8. The van der Waals surface area contributed by atoms with Crippen LogP contribution in [0.1, 0.15) is 26.3 Å². The molecule has 10 heteroatoms. The third kappa shape index (κ3) is 5.70. The number of rotatable bonds is 8. The van der Waals surface area contributed by atoms with Gasteiger partial charge in [-0.25, -0.2) is 10.2 Å². The second kappa shape index (κ2) is 10.5. The Hall–Kier alpha value is -4.73. The summed E-state index contributed by atoms with van der Waals surface area (Å²) in [6.45, 7) is 0. The molecule has 168 valence electrons. The smallest absolute Gasteiger partial charge is 0.343 e. The van der Waals surface area contributed by atoms with Crippen LogP contribution >= 0.6 is 0 Å². The van der Waals surface area contributed by atoms with E-state index in [0.29, 0.717) is 17.1 Å². The molecule has 1 N–H and O–H groups in total. The molecular formula is C23H19N3O7. The second-order valence-electron chi connectivity index (χ2n) is 6.50. The van der Waals surface area contributed by atoms with Crippen LogP contribution in [0.15, 0.2) is 71.8 Å². The predicted molar refractivity (Wildman–Crippen MR) is 119 cm³/mol. The van der Waals surface area contributed by atoms with Crippen LogP contribution in [0.2, 0.25) is 0 Å². The molecule has 0 heterocycles. The Morgan fingerprint density at radius 2 is 1.64 bits per heavy atom. The number of methoxy groups -OCH3 is 2. The number of esters is 1. The lowest BCUT2D eigenvalue weighted by atomic mass is 10.1. The molecule has 3 aromatic carbocycles. The van der Waals surface area contributed by atoms with Crippen molar-refractivity contribution in [2.45, 2.75) is 0 Å². The molecule has 0 aromatic heterocycles. The third-order valence-electron chi connectivity index (χ3n) is 4.44. The first-order chi connectivity index (χ1) is 15.9. The summed E-state index contributed by atoms with van der Waals surface area (Å²) in [5, 5.41) is 15.3. The number of para-hydroxylation sites is 1. The number of carbonyl (C=O) groups excluding carboxylic acids is 2. The van der Waals surface area contributed by atoms with E-state index in [1.54, 1.807) is 36.4 Å². The number of ether oxygens (including phenoxy) is 3. The van der Waals surface area contributed by atoms with Crippen molar-refractivity contribution in [3.8, 4) is 17.2 Å². The molecule has 0 aliphatic carbocycles. The summed E-state index contributed by atoms with van der Waals surface area (Å²) < 4.78 is 15.5. The van der Waals surface area contributed by atoms with E-state index in [4.69, 9.17) is 14.2 Å². The standard InChI is InChI=1S/C23H19N3O7/c1-31-18-11-9-15(10-12-18)22(27)25-24-14-17-6-4-8-20(26(29)30)21(17)33-23(28)16-5-3-7-19(13-16)32-2/h3-14H,1-2H3,(H,25,27)/b24-14+. The Labute approximate surface area is 188 Å². The zero-order valence-electron chi connectivity index (χ0n) is 17.7. The molecule has 0 bridgehead atoms. The van der Waals surface area contributed by atoms with Gasteiger partial charge in [0, 0.05) is 17.2 Å². The van der Waals surface area contributed by atoms with Crippen LogP contribution in [0.25, 0.3) is 0 Å². The lowest BCUT2D eigenvalue weighted by Gasteiger charge is -2.09. The number of hydrogen-bond donors (Lipinski definition) is 1. The van der Waals surface area contributed by atoms with Crippen LogP contribution in [0.4, 0.5) is 5.69 Å². The minimum atomic E-state index is -0.819. The average molecular weight is 449 g/mol. The fraction of sp³-hybridized carbons (Fsp3) is 0.0870. The maximum atomic E-state index is 12.6. The Morgan fingerprint density at radius 1 is 0.939 bits per heavy atom. The van der Waals surface area contributed by atoms with Gasteiger partial charge in [-0.15, -0.1) is 0 Å². The lowest BCUT2D eigenvalue weighted by molar-refractivity contribution is -0.385. The summed E-state index contributed by atoms with van der Waals surface area (Å²) in [5.74, 6) is -0.615. The molecule has 0 spiro atoms. The molecule has 3 aromatic rings. The van der Waals surface area contributed by atoms with Crippen LogP contribution in [0, 0.1) is 10.1 Å². The second-order valence-corrected chi connectivity index (χ2v) is 6.50. The molecule has 0 saturated carbocycles. The number of benzene rings is 3. The number of nitro benzene ring substituents is 1. The molecule has 0 aliphatic rings. The molecular weight excluding hydrogens is 430 g/mol. The maximum absolute atomic E-state index is 12.6. The monoisotopic (exact) mass is 449 g/mol. The van der Waals surface area contributed by atoms with Crippen molar-refractivity contribution >= 4 is 23.8 Å². The van der Waals surface area contributed by atoms with Crippen molar-refractivity contribution in [3.63, 3.8) is 0 Å². The molecule has 0 saturated heterocycles. The molecule has 0 radical (unpaired) electrons. The summed E-state index contributed by atoms with van der Waals surface area (Å²) in [6.07, 6.45) is 1.16. The van der Waals surface area contributed by atoms with E-state index in [2.05, 4.69) is 10.5 Å². The quantitative estimate of drug-likeness (QED) is 0.183. The van der Waals surface area contributed by atoms with E-state index in [1.807, 2.05) is 0 Å². The maximum Gasteiger partial charge on any atom is 0.343 e. The molecule has 0 aliphatic heterocycles. The van der Waals surface area contributed by atoms with Crippen molar-refractivity contribution in [1.29, 1.82) is 0 Å². The fourth-order valence-corrected chi connectivity index (χ4v) is 2.77. The summed E-state index contributed by atoms with van der Waals surface area (Å²) in [6, 6.07) is 16.6. The van der Waals surface area contributed by atoms with Crippen LogP contribution < -0.4 is 19.6 Å². The van der Waals surface area contributed by atoms with E-state index in [0.717, 1.165) is 6.21 Å². The average Bonchev–Trinajstić information content (AvgIpc) is 2.84. The number of nitro groups is 1. The van der Waals surface area contributed by atoms with E-state index in [-0.39, 0.29) is 16.9 Å². The highest BCUT2D eigenvalue weighted by atomic mass is 16.6. The van der Waals surface area contributed by atoms with Crippen molar-refractivity contribution in [2.75, 3.05) is 14.2 Å². The van der Waals surface area contributed by atoms with Crippen molar-refractivity contribution in [3.05, 3.63) is 93.5 Å². The van der Waals surface area contributed by atoms with Gasteiger partial charge in [-0.05, 0) is 48.5 Å². The molecule has 33 heavy (non-hydrogen) atoms. The SMILES string of the molecule is COc1ccc(C(=O)N/N=C/c2cccc([N+](=O)[O-])c2OC(=O)c2cccc(OC)c2)cc1. The van der Waals surface area contributed by atoms with E-state index < -0.39 is 22.5 Å². The number of hydrazone groups is 1. The van der Waals surface area contributed by atoms with E-state index in [1.165, 1.54) is 44.6 Å². The summed E-state index contributed by atoms with van der Waals surface area (Å²) in [5.41, 5.74) is 2.48. The molecule has 10 nitrogen and oxygen atoms in total. The van der Waals surface area contributed by atoms with Crippen LogP contribution in [-0.2, 0) is 0 Å². The van der Waals surface area contributed by atoms with Gasteiger partial charge in [0.25, 0.3) is 5.91 Å². The highest BCUT2D eigenvalue weighted by Crippen LogP contribution is 2.31. The Morgan fingerprint density at radius 3 is 2.30 bits per heavy atom. The van der Waals surface area contributed by atoms with Gasteiger partial charge in [-0.3, -0.25) is 14.9 Å². The summed E-state index contributed by atoms with van der Waals surface area (Å²) in [7, 11) is 2.96. The minimum Gasteiger partial charge on any atom is -0.497 e. The largest absolute Gasteiger partial charge is 0.497 e. The number of nitrogens with one attached hydrogen (secondary N) is 1. The number of amides is 1. The first-order valence-corrected chi connectivity index (χ1v) is 9.54. The van der Waals surface area contributed by atoms with Crippen molar-refractivity contribution in [2.24, 2.45) is 5.10 Å². The highest BCUT2D eigenvalue weighted by Gasteiger charge is 2.22. The van der Waals surface area contributed by atoms with E-state index >= 15 is 0 Å². The predicted octanol–water partition coefficient (Wildman–Crippen LogP) is 3.60. The molecule has 3 rings (SSSR count). The van der Waals surface area contributed by atoms with Gasteiger partial charge >= 0.3 is 11.7 Å². The number of nitrogens with zero attached hydrogens (tertiary/aromatic N) is 2. The van der Waals surface area contributed by atoms with Crippen molar-refractivity contribution in [1.82, 2.24) is 5.43 Å². The van der Waals surface area contributed by atoms with Crippen LogP contribution in [0.3, 0.4) is 0 Å². The lowest BCUT2D eigenvalue weighted by Crippen LogP contribution is -2.17. The summed E-state index contributed by atoms with van der Waals surface area (Å²) >= 11 is 0. The van der Waals surface area contributed by atoms with Crippen LogP contribution in [0.5, 0.6) is 17.2 Å². The normalized spacial score (nSPS) is 10.5. The van der Waals surface area contributed by atoms with Gasteiger partial charge in [0.1, 0.15) is 11.5 Å². The zero-order valence-corrected chi connectivity index (χ0v) is 17.7. The topological polar surface area (TPSA) is 129 Å². The van der Waals surface area contributed by atoms with Gasteiger partial charge in [0.15, 0.2) is 0 Å². The minimum absolute atomic E-state index is 0.121. The van der Waals surface area contributed by atoms with Gasteiger partial charge in [0.2, 0.25) is 5.75 Å². The number of carbonyl (C=O) groups is 2. The first kappa shape index (κ1) is 22.9. The van der Waals surface area contributed by atoms with Gasteiger partial charge in [-0.1, -0.05) is 12.1 Å². The van der Waals surface area contributed by atoms with E-state index in [9.17, 15) is 19.7 Å².